The SMILES string of the molecule is COC[C@@](C)(O)CNC(=O)c1ccc(OC2CCCC2)cc1. The number of methoxy groups -OCH3 is 1. The van der Waals surface area contributed by atoms with Gasteiger partial charge in [0.05, 0.1) is 12.7 Å². The molecule has 5 nitrogen and oxygen atoms in total. The Hall–Kier alpha value is -1.59. The monoisotopic (exact) mass is 307 g/mol. The lowest BCUT2D eigenvalue weighted by atomic mass is 10.1. The maximum atomic E-state index is 12.0. The molecule has 0 aliphatic heterocycles. The van der Waals surface area contributed by atoms with Gasteiger partial charge in [-0.05, 0) is 56.9 Å². The zero-order valence-electron chi connectivity index (χ0n) is 13.3. The molecule has 0 heterocycles. The average Bonchev–Trinajstić information content (AvgIpc) is 2.98. The second-order valence-electron chi connectivity index (χ2n) is 6.16. The Balaban J connectivity index is 1.85. The predicted molar refractivity (Wildman–Crippen MR) is 84.2 cm³/mol. The summed E-state index contributed by atoms with van der Waals surface area (Å²) < 4.78 is 10.8. The molecule has 0 unspecified atom stereocenters. The lowest BCUT2D eigenvalue weighted by Gasteiger charge is -2.22. The summed E-state index contributed by atoms with van der Waals surface area (Å²) >= 11 is 0. The van der Waals surface area contributed by atoms with Crippen molar-refractivity contribution >= 4 is 5.91 Å². The van der Waals surface area contributed by atoms with Gasteiger partial charge in [-0.15, -0.1) is 0 Å². The molecule has 1 amide bonds. The van der Waals surface area contributed by atoms with Gasteiger partial charge in [-0.3, -0.25) is 4.79 Å². The van der Waals surface area contributed by atoms with E-state index in [9.17, 15) is 9.90 Å². The molecule has 0 spiro atoms. The zero-order valence-corrected chi connectivity index (χ0v) is 13.3. The highest BCUT2D eigenvalue weighted by Gasteiger charge is 2.21. The first-order valence-corrected chi connectivity index (χ1v) is 7.76. The van der Waals surface area contributed by atoms with Crippen LogP contribution in [0.4, 0.5) is 0 Å². The van der Waals surface area contributed by atoms with Crippen LogP contribution in [-0.2, 0) is 4.74 Å². The van der Waals surface area contributed by atoms with Gasteiger partial charge in [0.25, 0.3) is 5.91 Å². The molecule has 2 N–H and O–H groups in total. The normalized spacial score (nSPS) is 18.0. The number of aliphatic hydroxyl groups is 1. The molecular weight excluding hydrogens is 282 g/mol. The van der Waals surface area contributed by atoms with E-state index in [2.05, 4.69) is 5.32 Å². The molecule has 1 fully saturated rings. The van der Waals surface area contributed by atoms with Crippen molar-refractivity contribution in [2.75, 3.05) is 20.3 Å². The Bertz CT molecular complexity index is 478. The van der Waals surface area contributed by atoms with Crippen molar-refractivity contribution < 1.29 is 19.4 Å². The molecule has 1 aliphatic carbocycles. The van der Waals surface area contributed by atoms with E-state index in [1.165, 1.54) is 20.0 Å². The highest BCUT2D eigenvalue weighted by Crippen LogP contribution is 2.24. The second kappa shape index (κ2) is 7.61. The van der Waals surface area contributed by atoms with Gasteiger partial charge >= 0.3 is 0 Å². The minimum atomic E-state index is -1.07. The van der Waals surface area contributed by atoms with Crippen LogP contribution in [0.1, 0.15) is 43.0 Å². The van der Waals surface area contributed by atoms with Gasteiger partial charge in [-0.25, -0.2) is 0 Å². The largest absolute Gasteiger partial charge is 0.490 e. The van der Waals surface area contributed by atoms with Crippen molar-refractivity contribution in [2.24, 2.45) is 0 Å². The molecule has 5 heteroatoms. The predicted octanol–water partition coefficient (Wildman–Crippen LogP) is 2.14. The Kier molecular flexibility index (Phi) is 5.80. The minimum absolute atomic E-state index is 0.139. The summed E-state index contributed by atoms with van der Waals surface area (Å²) in [4.78, 5) is 12.0. The third-order valence-corrected chi connectivity index (χ3v) is 3.81. The standard InChI is InChI=1S/C17H25NO4/c1-17(20,12-21-2)11-18-16(19)13-7-9-15(10-8-13)22-14-5-3-4-6-14/h7-10,14,20H,3-6,11-12H2,1-2H3,(H,18,19)/t17-/m0/s1. The van der Waals surface area contributed by atoms with E-state index < -0.39 is 5.60 Å². The molecule has 122 valence electrons. The Morgan fingerprint density at radius 2 is 1.95 bits per heavy atom. The number of ether oxygens (including phenoxy) is 2. The fourth-order valence-electron chi connectivity index (χ4n) is 2.62. The average molecular weight is 307 g/mol. The van der Waals surface area contributed by atoms with Crippen molar-refractivity contribution in [1.29, 1.82) is 0 Å². The van der Waals surface area contributed by atoms with E-state index in [-0.39, 0.29) is 19.1 Å². The molecule has 2 rings (SSSR count). The van der Waals surface area contributed by atoms with Gasteiger partial charge in [0.1, 0.15) is 11.4 Å². The summed E-state index contributed by atoms with van der Waals surface area (Å²) in [6, 6.07) is 7.12. The number of hydrogen-bond donors (Lipinski definition) is 2. The van der Waals surface area contributed by atoms with E-state index in [1.807, 2.05) is 12.1 Å². The quantitative estimate of drug-likeness (QED) is 0.810. The van der Waals surface area contributed by atoms with Gasteiger partial charge in [-0.1, -0.05) is 0 Å². The van der Waals surface area contributed by atoms with Crippen molar-refractivity contribution in [3.05, 3.63) is 29.8 Å². The number of carbonyl (C=O) groups excluding carboxylic acids is 1. The van der Waals surface area contributed by atoms with E-state index in [4.69, 9.17) is 9.47 Å². The van der Waals surface area contributed by atoms with Crippen molar-refractivity contribution in [2.45, 2.75) is 44.3 Å². The maximum absolute atomic E-state index is 12.0. The molecule has 1 aromatic carbocycles. The lowest BCUT2D eigenvalue weighted by Crippen LogP contribution is -2.43. The molecule has 1 saturated carbocycles. The van der Waals surface area contributed by atoms with E-state index in [1.54, 1.807) is 19.1 Å². The van der Waals surface area contributed by atoms with Crippen LogP contribution in [0.25, 0.3) is 0 Å². The van der Waals surface area contributed by atoms with Crippen LogP contribution in [0, 0.1) is 0 Å². The number of hydrogen-bond acceptors (Lipinski definition) is 4. The Morgan fingerprint density at radius 3 is 2.55 bits per heavy atom. The van der Waals surface area contributed by atoms with Gasteiger partial charge in [0.15, 0.2) is 0 Å². The van der Waals surface area contributed by atoms with E-state index in [0.29, 0.717) is 11.7 Å². The molecular formula is C17H25NO4. The summed E-state index contributed by atoms with van der Waals surface area (Å²) in [5.74, 6) is 0.582. The van der Waals surface area contributed by atoms with Gasteiger partial charge in [-0.2, -0.15) is 0 Å². The van der Waals surface area contributed by atoms with Crippen LogP contribution in [0.15, 0.2) is 24.3 Å². The van der Waals surface area contributed by atoms with Gasteiger partial charge in [0, 0.05) is 19.2 Å². The Morgan fingerprint density at radius 1 is 1.32 bits per heavy atom. The number of carbonyl (C=O) groups is 1. The fourth-order valence-corrected chi connectivity index (χ4v) is 2.62. The third-order valence-electron chi connectivity index (χ3n) is 3.81. The van der Waals surface area contributed by atoms with Crippen LogP contribution in [0.2, 0.25) is 0 Å². The van der Waals surface area contributed by atoms with Crippen LogP contribution < -0.4 is 10.1 Å². The lowest BCUT2D eigenvalue weighted by molar-refractivity contribution is -0.0147. The highest BCUT2D eigenvalue weighted by molar-refractivity contribution is 5.94. The van der Waals surface area contributed by atoms with E-state index in [0.717, 1.165) is 18.6 Å². The first-order valence-electron chi connectivity index (χ1n) is 7.76. The first kappa shape index (κ1) is 16.8. The summed E-state index contributed by atoms with van der Waals surface area (Å²) in [6.45, 7) is 1.93. The molecule has 1 aliphatic rings. The van der Waals surface area contributed by atoms with Crippen molar-refractivity contribution in [1.82, 2.24) is 5.32 Å². The number of benzene rings is 1. The summed E-state index contributed by atoms with van der Waals surface area (Å²) in [5.41, 5.74) is -0.525. The smallest absolute Gasteiger partial charge is 0.251 e. The molecule has 22 heavy (non-hydrogen) atoms. The van der Waals surface area contributed by atoms with Gasteiger partial charge < -0.3 is 19.9 Å². The minimum Gasteiger partial charge on any atom is -0.490 e. The first-order chi connectivity index (χ1) is 10.5. The van der Waals surface area contributed by atoms with Crippen LogP contribution in [-0.4, -0.2) is 43.0 Å². The maximum Gasteiger partial charge on any atom is 0.251 e. The third kappa shape index (κ3) is 5.00. The second-order valence-corrected chi connectivity index (χ2v) is 6.16. The summed E-state index contributed by atoms with van der Waals surface area (Å²) in [5, 5.41) is 12.7. The van der Waals surface area contributed by atoms with Crippen molar-refractivity contribution in [3.63, 3.8) is 0 Å². The highest BCUT2D eigenvalue weighted by atomic mass is 16.5. The molecule has 0 saturated heterocycles. The topological polar surface area (TPSA) is 67.8 Å². The molecule has 0 radical (unpaired) electrons. The molecule has 0 aromatic heterocycles. The van der Waals surface area contributed by atoms with E-state index >= 15 is 0 Å². The Labute approximate surface area is 131 Å². The molecule has 1 aromatic rings. The molecule has 0 bridgehead atoms. The van der Waals surface area contributed by atoms with Crippen molar-refractivity contribution in [3.8, 4) is 5.75 Å². The molecule has 1 atom stereocenters. The van der Waals surface area contributed by atoms with Crippen LogP contribution in [0.3, 0.4) is 0 Å². The number of amides is 1. The fraction of sp³-hybridized carbons (Fsp3) is 0.588. The van der Waals surface area contributed by atoms with Gasteiger partial charge in [0.2, 0.25) is 0 Å². The number of nitrogens with one attached hydrogen (secondary N) is 1. The zero-order chi connectivity index (χ0) is 16.0. The number of rotatable bonds is 7. The summed E-state index contributed by atoms with van der Waals surface area (Å²) in [7, 11) is 1.51. The summed E-state index contributed by atoms with van der Waals surface area (Å²) in [6.07, 6.45) is 4.98. The van der Waals surface area contributed by atoms with Crippen LogP contribution >= 0.6 is 0 Å². The van der Waals surface area contributed by atoms with Crippen LogP contribution in [0.5, 0.6) is 5.75 Å².